The Labute approximate surface area is 61.8 Å². The Kier molecular flexibility index (Phi) is 5.30. The van der Waals surface area contributed by atoms with Crippen LogP contribution in [0.15, 0.2) is 0 Å². The van der Waals surface area contributed by atoms with Crippen molar-refractivity contribution in [3.05, 3.63) is 0 Å². The maximum absolute atomic E-state index is 10.2. The van der Waals surface area contributed by atoms with Gasteiger partial charge in [0.2, 0.25) is 0 Å². The molecule has 0 saturated heterocycles. The molecule has 0 rings (SSSR count). The summed E-state index contributed by atoms with van der Waals surface area (Å²) in [5.74, 6) is 1.83. The molecule has 1 unspecified atom stereocenters. The fraction of sp³-hybridized carbons (Fsp3) is 1.00. The van der Waals surface area contributed by atoms with Gasteiger partial charge in [0, 0.05) is 5.25 Å². The molecule has 0 aromatic rings. The van der Waals surface area contributed by atoms with Gasteiger partial charge >= 0.3 is 0 Å². The predicted molar refractivity (Wildman–Crippen MR) is 42.3 cm³/mol. The highest BCUT2D eigenvalue weighted by Gasteiger charge is 2.01. The van der Waals surface area contributed by atoms with Gasteiger partial charge in [0.05, 0.1) is 6.61 Å². The molecule has 0 spiro atoms. The topological polar surface area (TPSA) is 19.9 Å². The van der Waals surface area contributed by atoms with E-state index in [1.807, 2.05) is 6.92 Å². The minimum absolute atomic E-state index is 0.0530. The van der Waals surface area contributed by atoms with Gasteiger partial charge in [-0.1, -0.05) is 20.8 Å². The van der Waals surface area contributed by atoms with E-state index >= 15 is 0 Å². The molecule has 1 atom stereocenters. The van der Waals surface area contributed by atoms with Crippen LogP contribution in [-0.2, 0) is 5.11 Å². The van der Waals surface area contributed by atoms with E-state index in [9.17, 15) is 5.11 Å². The van der Waals surface area contributed by atoms with Gasteiger partial charge in [-0.15, -0.1) is 0 Å². The minimum atomic E-state index is 0.0530. The van der Waals surface area contributed by atoms with E-state index in [0.717, 1.165) is 5.75 Å². The van der Waals surface area contributed by atoms with Crippen LogP contribution >= 0.6 is 11.8 Å². The molecule has 0 N–H and O–H groups in total. The summed E-state index contributed by atoms with van der Waals surface area (Å²) in [7, 11) is 0. The second-order valence-corrected chi connectivity index (χ2v) is 4.18. The number of rotatable bonds is 4. The molecule has 0 heterocycles. The fourth-order valence-electron chi connectivity index (χ4n) is 0.405. The van der Waals surface area contributed by atoms with E-state index in [1.54, 1.807) is 11.8 Å². The van der Waals surface area contributed by atoms with Crippen LogP contribution in [0.25, 0.3) is 0 Å². The van der Waals surface area contributed by atoms with E-state index in [2.05, 4.69) is 13.8 Å². The molecule has 9 heavy (non-hydrogen) atoms. The Morgan fingerprint density at radius 2 is 1.89 bits per heavy atom. The largest absolute Gasteiger partial charge is 0.236 e. The van der Waals surface area contributed by atoms with Crippen LogP contribution in [0.1, 0.15) is 20.8 Å². The van der Waals surface area contributed by atoms with Crippen LogP contribution in [0, 0.1) is 5.92 Å². The fourth-order valence-corrected chi connectivity index (χ4v) is 1.21. The number of hydrogen-bond acceptors (Lipinski definition) is 1. The molecule has 0 bridgehead atoms. The first kappa shape index (κ1) is 9.31. The van der Waals surface area contributed by atoms with Gasteiger partial charge in [0.25, 0.3) is 0 Å². The molecule has 0 amide bonds. The van der Waals surface area contributed by atoms with Gasteiger partial charge in [-0.05, 0) is 11.7 Å². The summed E-state index contributed by atoms with van der Waals surface area (Å²) in [5.41, 5.74) is 0. The van der Waals surface area contributed by atoms with Gasteiger partial charge in [-0.25, -0.2) is 5.11 Å². The third kappa shape index (κ3) is 6.19. The molecule has 0 aliphatic heterocycles. The second-order valence-electron chi connectivity index (χ2n) is 2.70. The predicted octanol–water partition coefficient (Wildman–Crippen LogP) is 2.19. The van der Waals surface area contributed by atoms with Crippen molar-refractivity contribution in [1.29, 1.82) is 0 Å². The van der Waals surface area contributed by atoms with Crippen molar-refractivity contribution >= 4 is 11.8 Å². The molecule has 0 aromatic heterocycles. The number of thioether (sulfide) groups is 1. The third-order valence-corrected chi connectivity index (χ3v) is 2.51. The monoisotopic (exact) mass is 147 g/mol. The Balaban J connectivity index is 3.06. The zero-order valence-electron chi connectivity index (χ0n) is 6.39. The lowest BCUT2D eigenvalue weighted by atomic mass is 10.3. The Morgan fingerprint density at radius 1 is 1.33 bits per heavy atom. The highest BCUT2D eigenvalue weighted by Crippen LogP contribution is 2.13. The molecular formula is C7H15OS. The highest BCUT2D eigenvalue weighted by molar-refractivity contribution is 7.99. The summed E-state index contributed by atoms with van der Waals surface area (Å²) < 4.78 is 0. The second kappa shape index (κ2) is 5.12. The first-order valence-corrected chi connectivity index (χ1v) is 4.41. The van der Waals surface area contributed by atoms with Crippen LogP contribution in [0.4, 0.5) is 0 Å². The highest BCUT2D eigenvalue weighted by atomic mass is 32.2. The maximum atomic E-state index is 10.2. The standard InChI is InChI=1S/C7H15OS/c1-6(2)5-9-7(3)4-8/h6-7H,4-5H2,1-3H3. The molecule has 0 aliphatic carbocycles. The van der Waals surface area contributed by atoms with Crippen LogP contribution in [-0.4, -0.2) is 17.6 Å². The van der Waals surface area contributed by atoms with Crippen molar-refractivity contribution in [3.8, 4) is 0 Å². The molecule has 0 aromatic carbocycles. The minimum Gasteiger partial charge on any atom is -0.236 e. The van der Waals surface area contributed by atoms with Gasteiger partial charge < -0.3 is 0 Å². The van der Waals surface area contributed by atoms with E-state index < -0.39 is 0 Å². The average Bonchev–Trinajstić information content (AvgIpc) is 1.83. The average molecular weight is 147 g/mol. The van der Waals surface area contributed by atoms with Crippen molar-refractivity contribution in [3.63, 3.8) is 0 Å². The molecular weight excluding hydrogens is 132 g/mol. The van der Waals surface area contributed by atoms with Gasteiger partial charge in [-0.3, -0.25) is 0 Å². The Hall–Kier alpha value is 0.310. The van der Waals surface area contributed by atoms with Crippen LogP contribution in [0.3, 0.4) is 0 Å². The van der Waals surface area contributed by atoms with Crippen molar-refractivity contribution < 1.29 is 5.11 Å². The van der Waals surface area contributed by atoms with Gasteiger partial charge in [0.1, 0.15) is 0 Å². The molecule has 0 saturated carbocycles. The van der Waals surface area contributed by atoms with Crippen molar-refractivity contribution in [2.75, 3.05) is 12.4 Å². The SMILES string of the molecule is CC(C)CSC(C)C[O]. The quantitative estimate of drug-likeness (QED) is 0.596. The van der Waals surface area contributed by atoms with E-state index in [1.165, 1.54) is 0 Å². The van der Waals surface area contributed by atoms with Crippen molar-refractivity contribution in [1.82, 2.24) is 0 Å². The summed E-state index contributed by atoms with van der Waals surface area (Å²) in [5, 5.41) is 10.5. The Morgan fingerprint density at radius 3 is 2.22 bits per heavy atom. The summed E-state index contributed by atoms with van der Waals surface area (Å²) in [6.45, 7) is 6.38. The zero-order valence-corrected chi connectivity index (χ0v) is 7.20. The van der Waals surface area contributed by atoms with Crippen molar-refractivity contribution in [2.24, 2.45) is 5.92 Å². The third-order valence-electron chi connectivity index (χ3n) is 0.949. The van der Waals surface area contributed by atoms with Crippen LogP contribution < -0.4 is 0 Å². The summed E-state index contributed by atoms with van der Waals surface area (Å²) in [6.07, 6.45) is 0. The van der Waals surface area contributed by atoms with E-state index in [0.29, 0.717) is 11.2 Å². The zero-order chi connectivity index (χ0) is 7.28. The van der Waals surface area contributed by atoms with E-state index in [4.69, 9.17) is 0 Å². The lowest BCUT2D eigenvalue weighted by Crippen LogP contribution is -2.04. The smallest absolute Gasteiger partial charge is 0.0938 e. The molecule has 2 heteroatoms. The lowest BCUT2D eigenvalue weighted by molar-refractivity contribution is 0.198. The molecule has 0 aliphatic rings. The summed E-state index contributed by atoms with van der Waals surface area (Å²) >= 11 is 1.77. The van der Waals surface area contributed by atoms with Crippen molar-refractivity contribution in [2.45, 2.75) is 26.0 Å². The molecule has 1 nitrogen and oxygen atoms in total. The first-order valence-electron chi connectivity index (χ1n) is 3.36. The maximum Gasteiger partial charge on any atom is 0.0938 e. The summed E-state index contributed by atoms with van der Waals surface area (Å²) in [6, 6.07) is 0. The van der Waals surface area contributed by atoms with Crippen LogP contribution in [0.5, 0.6) is 0 Å². The summed E-state index contributed by atoms with van der Waals surface area (Å²) in [4.78, 5) is 0. The first-order chi connectivity index (χ1) is 4.16. The normalized spacial score (nSPS) is 14.3. The molecule has 55 valence electrons. The van der Waals surface area contributed by atoms with Gasteiger partial charge in [0.15, 0.2) is 0 Å². The van der Waals surface area contributed by atoms with Gasteiger partial charge in [-0.2, -0.15) is 11.8 Å². The Bertz CT molecular complexity index is 63.9. The van der Waals surface area contributed by atoms with E-state index in [-0.39, 0.29) is 6.61 Å². The number of hydrogen-bond donors (Lipinski definition) is 0. The molecule has 0 fully saturated rings. The lowest BCUT2D eigenvalue weighted by Gasteiger charge is -2.07. The molecule has 1 radical (unpaired) electrons. The van der Waals surface area contributed by atoms with Crippen LogP contribution in [0.2, 0.25) is 0 Å².